The standard InChI is InChI=1S/C16H18N2O3/c19-13-3-1-2-12-4-5-14(17-15(12)13)18-8-6-16(7-9-18)20-10-11-21-16/h1-5,19H,6-11H2. The van der Waals surface area contributed by atoms with Gasteiger partial charge in [-0.2, -0.15) is 0 Å². The number of rotatable bonds is 1. The van der Waals surface area contributed by atoms with Gasteiger partial charge in [0.2, 0.25) is 0 Å². The molecule has 2 aromatic rings. The maximum Gasteiger partial charge on any atom is 0.171 e. The molecule has 0 bridgehead atoms. The van der Waals surface area contributed by atoms with Gasteiger partial charge in [0.1, 0.15) is 17.1 Å². The Balaban J connectivity index is 1.58. The van der Waals surface area contributed by atoms with E-state index in [0.717, 1.165) is 37.1 Å². The predicted molar refractivity (Wildman–Crippen MR) is 79.5 cm³/mol. The van der Waals surface area contributed by atoms with E-state index in [1.807, 2.05) is 24.3 Å². The van der Waals surface area contributed by atoms with Crippen molar-refractivity contribution in [3.05, 3.63) is 30.3 Å². The van der Waals surface area contributed by atoms with Crippen LogP contribution in [0.25, 0.3) is 10.9 Å². The summed E-state index contributed by atoms with van der Waals surface area (Å²) in [6, 6.07) is 9.47. The Labute approximate surface area is 123 Å². The van der Waals surface area contributed by atoms with Gasteiger partial charge in [-0.15, -0.1) is 0 Å². The lowest BCUT2D eigenvalue weighted by Crippen LogP contribution is -2.45. The highest BCUT2D eigenvalue weighted by Crippen LogP contribution is 2.33. The molecule has 0 aliphatic carbocycles. The number of nitrogens with zero attached hydrogens (tertiary/aromatic N) is 2. The predicted octanol–water partition coefficient (Wildman–Crippen LogP) is 2.28. The van der Waals surface area contributed by atoms with Crippen molar-refractivity contribution in [2.75, 3.05) is 31.2 Å². The lowest BCUT2D eigenvalue weighted by Gasteiger charge is -2.38. The van der Waals surface area contributed by atoms with Crippen LogP contribution in [0.1, 0.15) is 12.8 Å². The van der Waals surface area contributed by atoms with Crippen molar-refractivity contribution in [3.8, 4) is 5.75 Å². The van der Waals surface area contributed by atoms with Crippen LogP contribution < -0.4 is 4.90 Å². The van der Waals surface area contributed by atoms with Crippen molar-refractivity contribution in [1.82, 2.24) is 4.98 Å². The molecule has 2 aliphatic rings. The molecule has 2 fully saturated rings. The lowest BCUT2D eigenvalue weighted by molar-refractivity contribution is -0.169. The molecule has 4 rings (SSSR count). The topological polar surface area (TPSA) is 54.8 Å². The quantitative estimate of drug-likeness (QED) is 0.871. The summed E-state index contributed by atoms with van der Waals surface area (Å²) < 4.78 is 11.5. The fraction of sp³-hybridized carbons (Fsp3) is 0.438. The van der Waals surface area contributed by atoms with Crippen LogP contribution in [-0.4, -0.2) is 42.2 Å². The summed E-state index contributed by atoms with van der Waals surface area (Å²) in [4.78, 5) is 6.83. The van der Waals surface area contributed by atoms with E-state index in [4.69, 9.17) is 9.47 Å². The van der Waals surface area contributed by atoms with Gasteiger partial charge in [-0.25, -0.2) is 4.98 Å². The van der Waals surface area contributed by atoms with Crippen molar-refractivity contribution in [2.24, 2.45) is 0 Å². The van der Waals surface area contributed by atoms with Crippen molar-refractivity contribution in [1.29, 1.82) is 0 Å². The highest BCUT2D eigenvalue weighted by Gasteiger charge is 2.40. The largest absolute Gasteiger partial charge is 0.506 e. The maximum absolute atomic E-state index is 9.94. The second-order valence-electron chi connectivity index (χ2n) is 5.61. The van der Waals surface area contributed by atoms with E-state index in [9.17, 15) is 5.11 Å². The normalized spacial score (nSPS) is 21.2. The number of hydrogen-bond donors (Lipinski definition) is 1. The van der Waals surface area contributed by atoms with E-state index >= 15 is 0 Å². The average molecular weight is 286 g/mol. The second kappa shape index (κ2) is 4.86. The fourth-order valence-electron chi connectivity index (χ4n) is 3.16. The molecule has 2 saturated heterocycles. The first-order valence-electron chi connectivity index (χ1n) is 7.37. The van der Waals surface area contributed by atoms with Gasteiger partial charge in [-0.3, -0.25) is 0 Å². The van der Waals surface area contributed by atoms with Crippen molar-refractivity contribution in [3.63, 3.8) is 0 Å². The van der Waals surface area contributed by atoms with Crippen LogP contribution in [0.3, 0.4) is 0 Å². The number of piperidine rings is 1. The molecule has 110 valence electrons. The van der Waals surface area contributed by atoms with Crippen LogP contribution in [0.2, 0.25) is 0 Å². The van der Waals surface area contributed by atoms with E-state index in [0.29, 0.717) is 18.7 Å². The third kappa shape index (κ3) is 2.22. The number of aromatic hydroxyl groups is 1. The molecule has 2 aliphatic heterocycles. The van der Waals surface area contributed by atoms with Crippen molar-refractivity contribution < 1.29 is 14.6 Å². The molecule has 0 amide bonds. The zero-order chi connectivity index (χ0) is 14.3. The number of pyridine rings is 1. The third-order valence-electron chi connectivity index (χ3n) is 4.35. The first kappa shape index (κ1) is 12.9. The van der Waals surface area contributed by atoms with Crippen LogP contribution in [0.4, 0.5) is 5.82 Å². The number of para-hydroxylation sites is 1. The molecule has 21 heavy (non-hydrogen) atoms. The number of ether oxygens (including phenoxy) is 2. The molecular weight excluding hydrogens is 268 g/mol. The van der Waals surface area contributed by atoms with E-state index in [1.54, 1.807) is 6.07 Å². The molecule has 0 unspecified atom stereocenters. The summed E-state index contributed by atoms with van der Waals surface area (Å²) in [6.07, 6.45) is 1.71. The zero-order valence-corrected chi connectivity index (χ0v) is 11.8. The van der Waals surface area contributed by atoms with Crippen LogP contribution in [0, 0.1) is 0 Å². The lowest BCUT2D eigenvalue weighted by atomic mass is 10.0. The zero-order valence-electron chi connectivity index (χ0n) is 11.8. The summed E-state index contributed by atoms with van der Waals surface area (Å²) in [5.41, 5.74) is 0.656. The number of benzene rings is 1. The van der Waals surface area contributed by atoms with E-state index in [-0.39, 0.29) is 11.5 Å². The number of hydrogen-bond acceptors (Lipinski definition) is 5. The van der Waals surface area contributed by atoms with Gasteiger partial charge in [0, 0.05) is 31.3 Å². The molecule has 1 N–H and O–H groups in total. The molecular formula is C16H18N2O3. The smallest absolute Gasteiger partial charge is 0.171 e. The second-order valence-corrected chi connectivity index (χ2v) is 5.61. The van der Waals surface area contributed by atoms with Crippen LogP contribution in [-0.2, 0) is 9.47 Å². The van der Waals surface area contributed by atoms with E-state index < -0.39 is 0 Å². The van der Waals surface area contributed by atoms with Crippen molar-refractivity contribution >= 4 is 16.7 Å². The molecule has 1 aromatic carbocycles. The average Bonchev–Trinajstić information content (AvgIpc) is 2.97. The minimum Gasteiger partial charge on any atom is -0.506 e. The fourth-order valence-corrected chi connectivity index (χ4v) is 3.16. The van der Waals surface area contributed by atoms with Crippen LogP contribution >= 0.6 is 0 Å². The third-order valence-corrected chi connectivity index (χ3v) is 4.35. The van der Waals surface area contributed by atoms with Gasteiger partial charge < -0.3 is 19.5 Å². The number of phenolic OH excluding ortho intramolecular Hbond substituents is 1. The summed E-state index contributed by atoms with van der Waals surface area (Å²) in [6.45, 7) is 3.10. The van der Waals surface area contributed by atoms with Gasteiger partial charge in [0.15, 0.2) is 5.79 Å². The minimum absolute atomic E-state index is 0.227. The summed E-state index contributed by atoms with van der Waals surface area (Å²) in [5, 5.41) is 10.9. The Kier molecular flexibility index (Phi) is 2.97. The van der Waals surface area contributed by atoms with Gasteiger partial charge in [0.05, 0.1) is 13.2 Å². The first-order chi connectivity index (χ1) is 10.3. The Morgan fingerprint density at radius 2 is 1.81 bits per heavy atom. The Bertz CT molecular complexity index is 658. The number of fused-ring (bicyclic) bond motifs is 1. The Morgan fingerprint density at radius 1 is 1.05 bits per heavy atom. The van der Waals surface area contributed by atoms with E-state index in [1.165, 1.54) is 0 Å². The highest BCUT2D eigenvalue weighted by atomic mass is 16.7. The van der Waals surface area contributed by atoms with Crippen LogP contribution in [0.5, 0.6) is 5.75 Å². The van der Waals surface area contributed by atoms with Crippen molar-refractivity contribution in [2.45, 2.75) is 18.6 Å². The SMILES string of the molecule is Oc1cccc2ccc(N3CCC4(CC3)OCCO4)nc12. The summed E-state index contributed by atoms with van der Waals surface area (Å²) in [5.74, 6) is 0.761. The maximum atomic E-state index is 9.94. The first-order valence-corrected chi connectivity index (χ1v) is 7.37. The van der Waals surface area contributed by atoms with Gasteiger partial charge in [-0.05, 0) is 18.2 Å². The molecule has 0 atom stereocenters. The summed E-state index contributed by atoms with van der Waals surface area (Å²) in [7, 11) is 0. The number of phenols is 1. The van der Waals surface area contributed by atoms with Gasteiger partial charge >= 0.3 is 0 Å². The number of anilines is 1. The molecule has 5 heteroatoms. The van der Waals surface area contributed by atoms with Gasteiger partial charge in [-0.1, -0.05) is 12.1 Å². The van der Waals surface area contributed by atoms with Gasteiger partial charge in [0.25, 0.3) is 0 Å². The molecule has 1 spiro atoms. The molecule has 0 saturated carbocycles. The molecule has 5 nitrogen and oxygen atoms in total. The Morgan fingerprint density at radius 3 is 2.57 bits per heavy atom. The minimum atomic E-state index is -0.366. The van der Waals surface area contributed by atoms with Crippen LogP contribution in [0.15, 0.2) is 30.3 Å². The molecule has 0 radical (unpaired) electrons. The van der Waals surface area contributed by atoms with E-state index in [2.05, 4.69) is 9.88 Å². The number of aromatic nitrogens is 1. The Hall–Kier alpha value is -1.85. The highest BCUT2D eigenvalue weighted by molar-refractivity contribution is 5.85. The summed E-state index contributed by atoms with van der Waals surface area (Å²) >= 11 is 0. The monoisotopic (exact) mass is 286 g/mol. The molecule has 1 aromatic heterocycles. The molecule has 3 heterocycles.